The first-order valence-electron chi connectivity index (χ1n) is 9.96. The van der Waals surface area contributed by atoms with Crippen molar-refractivity contribution < 1.29 is 23.9 Å². The molecule has 0 spiro atoms. The lowest BCUT2D eigenvalue weighted by Gasteiger charge is -2.12. The molecule has 0 atom stereocenters. The number of carbonyl (C=O) groups is 3. The predicted molar refractivity (Wildman–Crippen MR) is 125 cm³/mol. The molecular weight excluding hydrogens is 460 g/mol. The third kappa shape index (κ3) is 5.84. The van der Waals surface area contributed by atoms with Crippen molar-refractivity contribution >= 4 is 34.7 Å². The number of carbonyl (C=O) groups excluding carboxylic acids is 3. The minimum atomic E-state index is -1.02. The van der Waals surface area contributed by atoms with Crippen LogP contribution < -0.4 is 26.9 Å². The third-order valence-corrected chi connectivity index (χ3v) is 4.57. The summed E-state index contributed by atoms with van der Waals surface area (Å²) < 4.78 is 9.90. The smallest absolute Gasteiger partial charge is 0.351 e. The van der Waals surface area contributed by atoms with Crippen LogP contribution in [0.2, 0.25) is 0 Å². The van der Waals surface area contributed by atoms with E-state index in [-0.39, 0.29) is 28.3 Å². The molecule has 0 radical (unpaired) electrons. The quantitative estimate of drug-likeness (QED) is 0.157. The van der Waals surface area contributed by atoms with Crippen LogP contribution in [-0.4, -0.2) is 52.5 Å². The summed E-state index contributed by atoms with van der Waals surface area (Å²) >= 11 is 0. The first-order chi connectivity index (χ1) is 16.7. The molecule has 0 saturated carbocycles. The number of hydrazone groups is 1. The van der Waals surface area contributed by atoms with Gasteiger partial charge < -0.3 is 14.8 Å². The number of anilines is 2. The molecule has 1 aromatic heterocycles. The Kier molecular flexibility index (Phi) is 7.51. The van der Waals surface area contributed by atoms with Gasteiger partial charge in [0.25, 0.3) is 5.91 Å². The summed E-state index contributed by atoms with van der Waals surface area (Å²) in [6, 6.07) is 10.6. The van der Waals surface area contributed by atoms with E-state index in [0.29, 0.717) is 5.75 Å². The number of H-pyrrole nitrogens is 2. The number of methoxy groups -OCH3 is 2. The number of para-hydroxylation sites is 2. The van der Waals surface area contributed by atoms with Crippen LogP contribution in [0.5, 0.6) is 5.75 Å². The predicted octanol–water partition coefficient (Wildman–Crippen LogP) is 0.911. The monoisotopic (exact) mass is 480 g/mol. The molecule has 0 aliphatic heterocycles. The summed E-state index contributed by atoms with van der Waals surface area (Å²) in [6.45, 7) is 1.30. The molecule has 2 aromatic carbocycles. The zero-order valence-electron chi connectivity index (χ0n) is 18.8. The van der Waals surface area contributed by atoms with E-state index >= 15 is 0 Å². The molecule has 13 heteroatoms. The number of Topliss-reactive ketones (excluding diaryl/α,β-unsaturated/α-hetero) is 1. The fraction of sp³-hybridized carbons (Fsp3) is 0.136. The summed E-state index contributed by atoms with van der Waals surface area (Å²) in [4.78, 5) is 68.4. The lowest BCUT2D eigenvalue weighted by Crippen LogP contribution is -2.34. The number of amides is 1. The van der Waals surface area contributed by atoms with Gasteiger partial charge in [-0.25, -0.2) is 14.4 Å². The molecule has 1 amide bonds. The standard InChI is InChI=1S/C22H20N6O7/c1-11(29)13-9-8-12(20(31)35-3)10-15(13)27-28-17(18-24-21(32)26-22(33)25-18)19(30)23-14-6-4-5-7-16(14)34-2/h4-10,27H,1-3H3,(H,23,30)(H2,24,25,26,32,33)/b28-17-. The van der Waals surface area contributed by atoms with Gasteiger partial charge in [-0.3, -0.25) is 25.0 Å². The Morgan fingerprint density at radius 2 is 1.74 bits per heavy atom. The van der Waals surface area contributed by atoms with Gasteiger partial charge in [0.15, 0.2) is 17.3 Å². The van der Waals surface area contributed by atoms with Crippen molar-refractivity contribution in [1.82, 2.24) is 15.0 Å². The number of hydrogen-bond acceptors (Lipinski definition) is 10. The highest BCUT2D eigenvalue weighted by molar-refractivity contribution is 6.48. The van der Waals surface area contributed by atoms with Gasteiger partial charge in [0.2, 0.25) is 0 Å². The van der Waals surface area contributed by atoms with Gasteiger partial charge in [-0.05, 0) is 37.3 Å². The Labute approximate surface area is 197 Å². The number of benzene rings is 2. The molecule has 180 valence electrons. The van der Waals surface area contributed by atoms with Gasteiger partial charge in [0.1, 0.15) is 5.75 Å². The second-order valence-electron chi connectivity index (χ2n) is 6.88. The number of aromatic nitrogens is 3. The number of ether oxygens (including phenoxy) is 2. The SMILES string of the molecule is COC(=O)c1ccc(C(C)=O)c(N/N=C(\C(=O)Nc2ccccc2OC)c2nc(=O)[nH]c(=O)[nH]2)c1. The van der Waals surface area contributed by atoms with Crippen molar-refractivity contribution in [3.63, 3.8) is 0 Å². The normalized spacial score (nSPS) is 10.9. The van der Waals surface area contributed by atoms with Crippen LogP contribution in [0.15, 0.2) is 57.2 Å². The average Bonchev–Trinajstić information content (AvgIpc) is 2.83. The second-order valence-corrected chi connectivity index (χ2v) is 6.88. The zero-order chi connectivity index (χ0) is 25.5. The lowest BCUT2D eigenvalue weighted by molar-refractivity contribution is -0.110. The first kappa shape index (κ1) is 24.6. The van der Waals surface area contributed by atoms with E-state index in [2.05, 4.69) is 30.5 Å². The van der Waals surface area contributed by atoms with E-state index < -0.39 is 34.8 Å². The minimum Gasteiger partial charge on any atom is -0.495 e. The number of aromatic amines is 2. The van der Waals surface area contributed by atoms with Gasteiger partial charge in [-0.15, -0.1) is 0 Å². The zero-order valence-corrected chi connectivity index (χ0v) is 18.8. The van der Waals surface area contributed by atoms with Crippen molar-refractivity contribution in [3.8, 4) is 5.75 Å². The highest BCUT2D eigenvalue weighted by Crippen LogP contribution is 2.23. The van der Waals surface area contributed by atoms with Gasteiger partial charge >= 0.3 is 17.3 Å². The summed E-state index contributed by atoms with van der Waals surface area (Å²) in [5.74, 6) is -2.01. The summed E-state index contributed by atoms with van der Waals surface area (Å²) in [5, 5.41) is 6.55. The van der Waals surface area contributed by atoms with Crippen molar-refractivity contribution in [3.05, 3.63) is 80.4 Å². The molecule has 0 aliphatic carbocycles. The van der Waals surface area contributed by atoms with Gasteiger partial charge in [0, 0.05) is 5.56 Å². The molecule has 3 rings (SSSR count). The molecule has 0 unspecified atom stereocenters. The molecule has 0 bridgehead atoms. The summed E-state index contributed by atoms with van der Waals surface area (Å²) in [5.41, 5.74) is 0.701. The maximum absolute atomic E-state index is 13.1. The fourth-order valence-electron chi connectivity index (χ4n) is 2.95. The number of nitrogens with zero attached hydrogens (tertiary/aromatic N) is 2. The Bertz CT molecular complexity index is 1410. The van der Waals surface area contributed by atoms with Crippen LogP contribution in [0.25, 0.3) is 0 Å². The minimum absolute atomic E-state index is 0.0650. The van der Waals surface area contributed by atoms with Crippen LogP contribution >= 0.6 is 0 Å². The number of rotatable bonds is 8. The highest BCUT2D eigenvalue weighted by Gasteiger charge is 2.21. The molecule has 0 fully saturated rings. The Hall–Kier alpha value is -5.07. The maximum Gasteiger partial charge on any atom is 0.351 e. The summed E-state index contributed by atoms with van der Waals surface area (Å²) in [7, 11) is 2.61. The van der Waals surface area contributed by atoms with Gasteiger partial charge in [0.05, 0.1) is 31.2 Å². The Balaban J connectivity index is 2.09. The molecule has 3 aromatic rings. The Morgan fingerprint density at radius 3 is 2.40 bits per heavy atom. The Morgan fingerprint density at radius 1 is 1.00 bits per heavy atom. The van der Waals surface area contributed by atoms with E-state index in [1.807, 2.05) is 4.98 Å². The van der Waals surface area contributed by atoms with Crippen molar-refractivity contribution in [1.29, 1.82) is 0 Å². The van der Waals surface area contributed by atoms with Crippen molar-refractivity contribution in [2.75, 3.05) is 25.0 Å². The molecule has 4 N–H and O–H groups in total. The third-order valence-electron chi connectivity index (χ3n) is 4.57. The fourth-order valence-corrected chi connectivity index (χ4v) is 2.95. The van der Waals surface area contributed by atoms with Crippen LogP contribution in [0.4, 0.5) is 11.4 Å². The molecular formula is C22H20N6O7. The van der Waals surface area contributed by atoms with E-state index in [9.17, 15) is 24.0 Å². The lowest BCUT2D eigenvalue weighted by atomic mass is 10.1. The van der Waals surface area contributed by atoms with E-state index in [1.165, 1.54) is 39.3 Å². The largest absolute Gasteiger partial charge is 0.495 e. The number of hydrogen-bond donors (Lipinski definition) is 4. The van der Waals surface area contributed by atoms with Crippen LogP contribution in [-0.2, 0) is 9.53 Å². The number of esters is 1. The van der Waals surface area contributed by atoms with Crippen molar-refractivity contribution in [2.45, 2.75) is 6.92 Å². The molecule has 35 heavy (non-hydrogen) atoms. The van der Waals surface area contributed by atoms with Gasteiger partial charge in [-0.2, -0.15) is 10.1 Å². The highest BCUT2D eigenvalue weighted by atomic mass is 16.5. The maximum atomic E-state index is 13.1. The second kappa shape index (κ2) is 10.7. The van der Waals surface area contributed by atoms with E-state index in [1.54, 1.807) is 24.3 Å². The van der Waals surface area contributed by atoms with Crippen LogP contribution in [0.3, 0.4) is 0 Å². The van der Waals surface area contributed by atoms with Crippen LogP contribution in [0, 0.1) is 0 Å². The molecule has 13 nitrogen and oxygen atoms in total. The summed E-state index contributed by atoms with van der Waals surface area (Å²) in [6.07, 6.45) is 0. The van der Waals surface area contributed by atoms with Crippen LogP contribution in [0.1, 0.15) is 33.5 Å². The topological polar surface area (TPSA) is 185 Å². The number of ketones is 1. The first-order valence-corrected chi connectivity index (χ1v) is 9.96. The average molecular weight is 480 g/mol. The molecule has 1 heterocycles. The van der Waals surface area contributed by atoms with Gasteiger partial charge in [-0.1, -0.05) is 12.1 Å². The van der Waals surface area contributed by atoms with E-state index in [0.717, 1.165) is 0 Å². The van der Waals surface area contributed by atoms with E-state index in [4.69, 9.17) is 4.74 Å². The number of nitrogens with one attached hydrogen (secondary N) is 4. The molecule has 0 saturated heterocycles. The molecule has 0 aliphatic rings. The van der Waals surface area contributed by atoms with Crippen molar-refractivity contribution in [2.24, 2.45) is 5.10 Å².